The van der Waals surface area contributed by atoms with Gasteiger partial charge in [0.25, 0.3) is 0 Å². The summed E-state index contributed by atoms with van der Waals surface area (Å²) in [4.78, 5) is 4.10. The molecular formula is C14H10FN3O3S. The van der Waals surface area contributed by atoms with Crippen molar-refractivity contribution in [2.75, 3.05) is 0 Å². The maximum absolute atomic E-state index is 13.0. The lowest BCUT2D eigenvalue weighted by Crippen LogP contribution is -1.99. The number of aromatic nitrogens is 3. The number of benzene rings is 1. The third-order valence-electron chi connectivity index (χ3n) is 2.91. The standard InChI is InChI=1S/C14H10FN3O3S/c15-10-3-1-9(2-4-10)14-13(16-8-21-14)12-6-5-11(17-18-12)7-22(19)20/h1-6,8H,7H2,(H,19,20). The molecule has 0 aliphatic carbocycles. The van der Waals surface area contributed by atoms with Crippen LogP contribution >= 0.6 is 0 Å². The number of oxazole rings is 1. The lowest BCUT2D eigenvalue weighted by molar-refractivity contribution is 0.562. The van der Waals surface area contributed by atoms with Crippen LogP contribution in [0.15, 0.2) is 47.2 Å². The Morgan fingerprint density at radius 2 is 1.91 bits per heavy atom. The Morgan fingerprint density at radius 3 is 2.55 bits per heavy atom. The third-order valence-corrected chi connectivity index (χ3v) is 3.45. The average Bonchev–Trinajstić information content (AvgIpc) is 2.97. The Morgan fingerprint density at radius 1 is 1.14 bits per heavy atom. The quantitative estimate of drug-likeness (QED) is 0.744. The van der Waals surface area contributed by atoms with E-state index in [9.17, 15) is 8.60 Å². The summed E-state index contributed by atoms with van der Waals surface area (Å²) in [5.41, 5.74) is 1.99. The van der Waals surface area contributed by atoms with Gasteiger partial charge in [0.2, 0.25) is 0 Å². The second-order valence-electron chi connectivity index (χ2n) is 4.41. The van der Waals surface area contributed by atoms with E-state index in [1.807, 2.05) is 0 Å². The Balaban J connectivity index is 1.94. The van der Waals surface area contributed by atoms with Gasteiger partial charge in [-0.3, -0.25) is 0 Å². The van der Waals surface area contributed by atoms with Crippen molar-refractivity contribution >= 4 is 11.1 Å². The monoisotopic (exact) mass is 319 g/mol. The van der Waals surface area contributed by atoms with Gasteiger partial charge in [0.1, 0.15) is 17.2 Å². The molecule has 3 aromatic rings. The maximum atomic E-state index is 13.0. The van der Waals surface area contributed by atoms with Crippen molar-refractivity contribution in [1.82, 2.24) is 15.2 Å². The van der Waals surface area contributed by atoms with E-state index in [0.29, 0.717) is 28.4 Å². The fourth-order valence-electron chi connectivity index (χ4n) is 1.92. The molecule has 0 saturated carbocycles. The molecule has 1 N–H and O–H groups in total. The number of hydrogen-bond acceptors (Lipinski definition) is 5. The molecule has 0 aliphatic heterocycles. The Hall–Kier alpha value is -2.45. The predicted molar refractivity (Wildman–Crippen MR) is 77.4 cm³/mol. The average molecular weight is 319 g/mol. The molecule has 0 radical (unpaired) electrons. The summed E-state index contributed by atoms with van der Waals surface area (Å²) in [5.74, 6) is 0.0236. The van der Waals surface area contributed by atoms with Gasteiger partial charge in [-0.2, -0.15) is 5.10 Å². The molecule has 0 fully saturated rings. The molecule has 0 spiro atoms. The molecular weight excluding hydrogens is 309 g/mol. The first-order valence-electron chi connectivity index (χ1n) is 6.23. The normalized spacial score (nSPS) is 12.3. The van der Waals surface area contributed by atoms with Crippen LogP contribution in [-0.2, 0) is 16.8 Å². The van der Waals surface area contributed by atoms with Gasteiger partial charge in [-0.15, -0.1) is 5.10 Å². The minimum atomic E-state index is -1.97. The summed E-state index contributed by atoms with van der Waals surface area (Å²) >= 11 is -1.97. The van der Waals surface area contributed by atoms with Crippen LogP contribution < -0.4 is 0 Å². The molecule has 0 bridgehead atoms. The van der Waals surface area contributed by atoms with E-state index in [2.05, 4.69) is 15.2 Å². The first-order chi connectivity index (χ1) is 10.6. The lowest BCUT2D eigenvalue weighted by Gasteiger charge is -2.01. The van der Waals surface area contributed by atoms with Crippen LogP contribution in [0.1, 0.15) is 5.69 Å². The molecule has 1 atom stereocenters. The summed E-state index contributed by atoms with van der Waals surface area (Å²) in [7, 11) is 0. The maximum Gasteiger partial charge on any atom is 0.182 e. The molecule has 1 unspecified atom stereocenters. The van der Waals surface area contributed by atoms with Crippen LogP contribution in [0.4, 0.5) is 4.39 Å². The fourth-order valence-corrected chi connectivity index (χ4v) is 2.33. The minimum Gasteiger partial charge on any atom is -0.443 e. The highest BCUT2D eigenvalue weighted by atomic mass is 32.2. The van der Waals surface area contributed by atoms with Gasteiger partial charge in [0.05, 0.1) is 11.4 Å². The van der Waals surface area contributed by atoms with Crippen molar-refractivity contribution in [3.05, 3.63) is 54.3 Å². The first kappa shape index (κ1) is 14.5. The molecule has 6 nitrogen and oxygen atoms in total. The molecule has 1 aromatic carbocycles. The number of rotatable bonds is 4. The summed E-state index contributed by atoms with van der Waals surface area (Å²) < 4.78 is 37.9. The predicted octanol–water partition coefficient (Wildman–Crippen LogP) is 2.66. The van der Waals surface area contributed by atoms with E-state index >= 15 is 0 Å². The molecule has 2 aromatic heterocycles. The summed E-state index contributed by atoms with van der Waals surface area (Å²) in [6.07, 6.45) is 1.27. The highest BCUT2D eigenvalue weighted by molar-refractivity contribution is 7.78. The first-order valence-corrected chi connectivity index (χ1v) is 7.51. The van der Waals surface area contributed by atoms with Crippen molar-refractivity contribution in [2.45, 2.75) is 5.75 Å². The van der Waals surface area contributed by atoms with Crippen LogP contribution in [0, 0.1) is 5.82 Å². The van der Waals surface area contributed by atoms with E-state index in [1.54, 1.807) is 24.3 Å². The summed E-state index contributed by atoms with van der Waals surface area (Å²) in [6, 6.07) is 9.05. The van der Waals surface area contributed by atoms with Gasteiger partial charge in [-0.05, 0) is 36.4 Å². The van der Waals surface area contributed by atoms with Crippen LogP contribution in [0.25, 0.3) is 22.7 Å². The highest BCUT2D eigenvalue weighted by Gasteiger charge is 2.15. The zero-order chi connectivity index (χ0) is 15.5. The summed E-state index contributed by atoms with van der Waals surface area (Å²) in [5, 5.41) is 7.86. The molecule has 0 amide bonds. The summed E-state index contributed by atoms with van der Waals surface area (Å²) in [6.45, 7) is 0. The van der Waals surface area contributed by atoms with Gasteiger partial charge in [-0.1, -0.05) is 0 Å². The van der Waals surface area contributed by atoms with E-state index in [1.165, 1.54) is 18.5 Å². The van der Waals surface area contributed by atoms with Crippen molar-refractivity contribution < 1.29 is 17.6 Å². The van der Waals surface area contributed by atoms with Gasteiger partial charge in [0.15, 0.2) is 23.2 Å². The smallest absolute Gasteiger partial charge is 0.182 e. The van der Waals surface area contributed by atoms with Crippen LogP contribution in [-0.4, -0.2) is 23.9 Å². The SMILES string of the molecule is O=S(O)Cc1ccc(-c2ncoc2-c2ccc(F)cc2)nn1. The minimum absolute atomic E-state index is 0.0864. The number of nitrogens with zero attached hydrogens (tertiary/aromatic N) is 3. The Labute approximate surface area is 127 Å². The van der Waals surface area contributed by atoms with Gasteiger partial charge in [0, 0.05) is 5.56 Å². The highest BCUT2D eigenvalue weighted by Crippen LogP contribution is 2.29. The molecule has 0 saturated heterocycles. The van der Waals surface area contributed by atoms with Gasteiger partial charge >= 0.3 is 0 Å². The van der Waals surface area contributed by atoms with E-state index in [-0.39, 0.29) is 11.6 Å². The molecule has 2 heterocycles. The largest absolute Gasteiger partial charge is 0.443 e. The second kappa shape index (κ2) is 6.12. The molecule has 3 rings (SSSR count). The zero-order valence-electron chi connectivity index (χ0n) is 11.1. The van der Waals surface area contributed by atoms with E-state index in [4.69, 9.17) is 8.97 Å². The Kier molecular flexibility index (Phi) is 4.03. The molecule has 22 heavy (non-hydrogen) atoms. The van der Waals surface area contributed by atoms with Crippen molar-refractivity contribution in [3.8, 4) is 22.7 Å². The van der Waals surface area contributed by atoms with E-state index < -0.39 is 11.1 Å². The Bertz CT molecular complexity index is 803. The number of hydrogen-bond donors (Lipinski definition) is 1. The molecule has 8 heteroatoms. The molecule has 0 aliphatic rings. The van der Waals surface area contributed by atoms with Crippen LogP contribution in [0.5, 0.6) is 0 Å². The van der Waals surface area contributed by atoms with E-state index in [0.717, 1.165) is 0 Å². The van der Waals surface area contributed by atoms with Gasteiger partial charge < -0.3 is 8.97 Å². The van der Waals surface area contributed by atoms with Gasteiger partial charge in [-0.25, -0.2) is 13.6 Å². The molecule has 112 valence electrons. The van der Waals surface area contributed by atoms with Crippen LogP contribution in [0.3, 0.4) is 0 Å². The topological polar surface area (TPSA) is 89.1 Å². The number of halogens is 1. The van der Waals surface area contributed by atoms with Crippen molar-refractivity contribution in [3.63, 3.8) is 0 Å². The lowest BCUT2D eigenvalue weighted by atomic mass is 10.1. The van der Waals surface area contributed by atoms with Crippen LogP contribution in [0.2, 0.25) is 0 Å². The van der Waals surface area contributed by atoms with Crippen molar-refractivity contribution in [1.29, 1.82) is 0 Å². The second-order valence-corrected chi connectivity index (χ2v) is 5.34. The van der Waals surface area contributed by atoms with Crippen molar-refractivity contribution in [2.24, 2.45) is 0 Å². The fraction of sp³-hybridized carbons (Fsp3) is 0.0714. The third kappa shape index (κ3) is 3.07. The zero-order valence-corrected chi connectivity index (χ0v) is 12.0.